The molecule has 0 aromatic heterocycles. The van der Waals surface area contributed by atoms with Crippen molar-refractivity contribution in [2.24, 2.45) is 0 Å². The van der Waals surface area contributed by atoms with Crippen molar-refractivity contribution >= 4 is 11.8 Å². The molecule has 84 valence electrons. The zero-order valence-electron chi connectivity index (χ0n) is 8.94. The molecule has 0 aromatic carbocycles. The molecule has 15 heavy (non-hydrogen) atoms. The van der Waals surface area contributed by atoms with E-state index in [1.165, 1.54) is 11.0 Å². The third-order valence-corrected chi connectivity index (χ3v) is 2.29. The molecule has 5 heteroatoms. The molecule has 1 aliphatic heterocycles. The van der Waals surface area contributed by atoms with Crippen LogP contribution in [0.4, 0.5) is 0 Å². The quantitative estimate of drug-likeness (QED) is 0.592. The number of hydrogen-bond donors (Lipinski definition) is 0. The largest absolute Gasteiger partial charge is 0.378 e. The van der Waals surface area contributed by atoms with E-state index in [0.717, 1.165) is 0 Å². The number of morpholine rings is 1. The molecule has 0 unspecified atom stereocenters. The highest BCUT2D eigenvalue weighted by Gasteiger charge is 2.19. The van der Waals surface area contributed by atoms with Crippen LogP contribution in [-0.4, -0.2) is 61.5 Å². The number of rotatable bonds is 3. The number of likely N-dealkylation sites (N-methyl/N-ethyl adjacent to an activating group) is 1. The van der Waals surface area contributed by atoms with Gasteiger partial charge in [0.2, 0.25) is 11.8 Å². The van der Waals surface area contributed by atoms with Gasteiger partial charge in [-0.2, -0.15) is 0 Å². The van der Waals surface area contributed by atoms with Gasteiger partial charge in [0.1, 0.15) is 0 Å². The van der Waals surface area contributed by atoms with Crippen LogP contribution in [0.25, 0.3) is 0 Å². The van der Waals surface area contributed by atoms with Gasteiger partial charge in [-0.15, -0.1) is 0 Å². The van der Waals surface area contributed by atoms with Crippen molar-refractivity contribution in [1.29, 1.82) is 0 Å². The van der Waals surface area contributed by atoms with Gasteiger partial charge in [0.25, 0.3) is 0 Å². The lowest BCUT2D eigenvalue weighted by Crippen LogP contribution is -2.45. The lowest BCUT2D eigenvalue weighted by molar-refractivity contribution is -0.140. The highest BCUT2D eigenvalue weighted by atomic mass is 16.5. The summed E-state index contributed by atoms with van der Waals surface area (Å²) in [5.74, 6) is -0.285. The second-order valence-electron chi connectivity index (χ2n) is 3.39. The number of hydrogen-bond acceptors (Lipinski definition) is 3. The molecule has 1 saturated heterocycles. The molecule has 2 amide bonds. The fraction of sp³-hybridized carbons (Fsp3) is 0.600. The van der Waals surface area contributed by atoms with Gasteiger partial charge in [0.05, 0.1) is 19.8 Å². The van der Waals surface area contributed by atoms with Gasteiger partial charge < -0.3 is 14.5 Å². The van der Waals surface area contributed by atoms with E-state index in [1.54, 1.807) is 11.9 Å². The first-order valence-corrected chi connectivity index (χ1v) is 4.88. The van der Waals surface area contributed by atoms with Crippen LogP contribution in [0.5, 0.6) is 0 Å². The lowest BCUT2D eigenvalue weighted by Gasteiger charge is -2.28. The molecule has 0 aliphatic carbocycles. The second-order valence-corrected chi connectivity index (χ2v) is 3.39. The van der Waals surface area contributed by atoms with Crippen LogP contribution in [-0.2, 0) is 14.3 Å². The molecule has 0 atom stereocenters. The summed E-state index contributed by atoms with van der Waals surface area (Å²) in [5, 5.41) is 0. The smallest absolute Gasteiger partial charge is 0.246 e. The Morgan fingerprint density at radius 1 is 1.47 bits per heavy atom. The zero-order chi connectivity index (χ0) is 11.3. The van der Waals surface area contributed by atoms with E-state index in [0.29, 0.717) is 26.3 Å². The average Bonchev–Trinajstić information content (AvgIpc) is 2.29. The highest BCUT2D eigenvalue weighted by molar-refractivity contribution is 5.90. The van der Waals surface area contributed by atoms with Crippen molar-refractivity contribution in [3.05, 3.63) is 12.7 Å². The summed E-state index contributed by atoms with van der Waals surface area (Å²) in [6, 6.07) is 0. The summed E-state index contributed by atoms with van der Waals surface area (Å²) in [4.78, 5) is 25.9. The van der Waals surface area contributed by atoms with Crippen molar-refractivity contribution in [2.45, 2.75) is 0 Å². The van der Waals surface area contributed by atoms with Gasteiger partial charge in [-0.25, -0.2) is 0 Å². The first-order chi connectivity index (χ1) is 7.15. The normalized spacial score (nSPS) is 15.9. The van der Waals surface area contributed by atoms with Crippen molar-refractivity contribution < 1.29 is 14.3 Å². The molecule has 1 heterocycles. The first kappa shape index (κ1) is 11.7. The molecule has 0 radical (unpaired) electrons. The van der Waals surface area contributed by atoms with E-state index in [1.807, 2.05) is 0 Å². The second kappa shape index (κ2) is 5.50. The van der Waals surface area contributed by atoms with Crippen LogP contribution < -0.4 is 0 Å². The highest BCUT2D eigenvalue weighted by Crippen LogP contribution is 1.98. The summed E-state index contributed by atoms with van der Waals surface area (Å²) >= 11 is 0. The Hall–Kier alpha value is -1.36. The van der Waals surface area contributed by atoms with E-state index in [-0.39, 0.29) is 18.4 Å². The maximum Gasteiger partial charge on any atom is 0.246 e. The summed E-state index contributed by atoms with van der Waals surface area (Å²) in [6.45, 7) is 5.83. The molecular formula is C10H16N2O3. The monoisotopic (exact) mass is 212 g/mol. The van der Waals surface area contributed by atoms with Crippen LogP contribution in [0.2, 0.25) is 0 Å². The molecule has 0 bridgehead atoms. The maximum absolute atomic E-state index is 11.7. The molecule has 0 spiro atoms. The lowest BCUT2D eigenvalue weighted by atomic mass is 10.3. The first-order valence-electron chi connectivity index (χ1n) is 4.88. The van der Waals surface area contributed by atoms with E-state index in [9.17, 15) is 9.59 Å². The Morgan fingerprint density at radius 3 is 2.60 bits per heavy atom. The van der Waals surface area contributed by atoms with Crippen molar-refractivity contribution in [3.63, 3.8) is 0 Å². The number of ether oxygens (including phenoxy) is 1. The van der Waals surface area contributed by atoms with E-state index in [4.69, 9.17) is 4.74 Å². The van der Waals surface area contributed by atoms with Crippen LogP contribution in [0.1, 0.15) is 0 Å². The Labute approximate surface area is 89.3 Å². The van der Waals surface area contributed by atoms with Gasteiger partial charge in [-0.1, -0.05) is 6.58 Å². The fourth-order valence-corrected chi connectivity index (χ4v) is 1.35. The average molecular weight is 212 g/mol. The van der Waals surface area contributed by atoms with Gasteiger partial charge in [-0.05, 0) is 6.08 Å². The summed E-state index contributed by atoms with van der Waals surface area (Å²) in [6.07, 6.45) is 1.20. The summed E-state index contributed by atoms with van der Waals surface area (Å²) in [5.41, 5.74) is 0. The molecule has 5 nitrogen and oxygen atoms in total. The van der Waals surface area contributed by atoms with Gasteiger partial charge >= 0.3 is 0 Å². The number of carbonyl (C=O) groups is 2. The number of amides is 2. The Kier molecular flexibility index (Phi) is 4.30. The minimum absolute atomic E-state index is 0.0454. The van der Waals surface area contributed by atoms with Gasteiger partial charge in [-0.3, -0.25) is 9.59 Å². The van der Waals surface area contributed by atoms with E-state index >= 15 is 0 Å². The number of carbonyl (C=O) groups excluding carboxylic acids is 2. The molecule has 0 saturated carbocycles. The summed E-state index contributed by atoms with van der Waals surface area (Å²) < 4.78 is 5.13. The standard InChI is InChI=1S/C10H16N2O3/c1-3-9(13)11(2)8-10(14)12-4-6-15-7-5-12/h3H,1,4-8H2,2H3. The third kappa shape index (κ3) is 3.36. The molecular weight excluding hydrogens is 196 g/mol. The van der Waals surface area contributed by atoms with Crippen LogP contribution in [0.3, 0.4) is 0 Å². The number of nitrogens with zero attached hydrogens (tertiary/aromatic N) is 2. The molecule has 1 fully saturated rings. The predicted octanol–water partition coefficient (Wildman–Crippen LogP) is -0.510. The minimum atomic E-state index is -0.239. The topological polar surface area (TPSA) is 49.9 Å². The van der Waals surface area contributed by atoms with E-state index < -0.39 is 0 Å². The summed E-state index contributed by atoms with van der Waals surface area (Å²) in [7, 11) is 1.59. The Morgan fingerprint density at radius 2 is 2.07 bits per heavy atom. The molecule has 0 N–H and O–H groups in total. The SMILES string of the molecule is C=CC(=O)N(C)CC(=O)N1CCOCC1. The van der Waals surface area contributed by atoms with Gasteiger partial charge in [0.15, 0.2) is 0 Å². The van der Waals surface area contributed by atoms with Crippen LogP contribution in [0.15, 0.2) is 12.7 Å². The van der Waals surface area contributed by atoms with Crippen molar-refractivity contribution in [1.82, 2.24) is 9.80 Å². The molecule has 1 rings (SSSR count). The Bertz CT molecular complexity index is 259. The molecule has 0 aromatic rings. The van der Waals surface area contributed by atoms with Crippen LogP contribution in [0, 0.1) is 0 Å². The fourth-order valence-electron chi connectivity index (χ4n) is 1.35. The van der Waals surface area contributed by atoms with Crippen molar-refractivity contribution in [2.75, 3.05) is 39.9 Å². The Balaban J connectivity index is 2.40. The predicted molar refractivity (Wildman–Crippen MR) is 55.2 cm³/mol. The van der Waals surface area contributed by atoms with Crippen LogP contribution >= 0.6 is 0 Å². The third-order valence-electron chi connectivity index (χ3n) is 2.29. The van der Waals surface area contributed by atoms with Gasteiger partial charge in [0, 0.05) is 20.1 Å². The zero-order valence-corrected chi connectivity index (χ0v) is 8.94. The maximum atomic E-state index is 11.7. The molecule has 1 aliphatic rings. The van der Waals surface area contributed by atoms with E-state index in [2.05, 4.69) is 6.58 Å². The minimum Gasteiger partial charge on any atom is -0.378 e. The van der Waals surface area contributed by atoms with Crippen molar-refractivity contribution in [3.8, 4) is 0 Å².